The van der Waals surface area contributed by atoms with E-state index in [4.69, 9.17) is 9.47 Å². The lowest BCUT2D eigenvalue weighted by molar-refractivity contribution is -0.139. The van der Waals surface area contributed by atoms with Gasteiger partial charge in [-0.1, -0.05) is 43.3 Å². The molecule has 0 bridgehead atoms. The number of Topliss-reactive ketones (excluding diaryl/α,β-unsaturated/α-hetero) is 1. The van der Waals surface area contributed by atoms with Crippen molar-refractivity contribution in [3.63, 3.8) is 0 Å². The summed E-state index contributed by atoms with van der Waals surface area (Å²) in [6.07, 6.45) is 1.55. The minimum absolute atomic E-state index is 0.0836. The van der Waals surface area contributed by atoms with E-state index in [0.29, 0.717) is 42.2 Å². The number of benzene rings is 2. The van der Waals surface area contributed by atoms with Crippen molar-refractivity contribution in [3.8, 4) is 11.5 Å². The number of ketones is 1. The van der Waals surface area contributed by atoms with E-state index in [2.05, 4.69) is 0 Å². The molecule has 1 amide bonds. The molecule has 33 heavy (non-hydrogen) atoms. The second-order valence-electron chi connectivity index (χ2n) is 8.27. The molecular formula is C26H32N2O5. The summed E-state index contributed by atoms with van der Waals surface area (Å²) in [6, 6.07) is 13.5. The van der Waals surface area contributed by atoms with E-state index in [1.54, 1.807) is 48.4 Å². The van der Waals surface area contributed by atoms with Crippen LogP contribution in [0.25, 0.3) is 5.76 Å². The zero-order chi connectivity index (χ0) is 24.0. The molecular weight excluding hydrogens is 420 g/mol. The van der Waals surface area contributed by atoms with E-state index < -0.39 is 17.7 Å². The maximum absolute atomic E-state index is 13.1. The van der Waals surface area contributed by atoms with E-state index in [-0.39, 0.29) is 11.3 Å². The minimum atomic E-state index is -0.721. The fraction of sp³-hybridized carbons (Fsp3) is 0.385. The molecule has 1 atom stereocenters. The number of likely N-dealkylation sites (tertiary alicyclic amines) is 1. The lowest BCUT2D eigenvalue weighted by Gasteiger charge is -2.26. The molecule has 1 fully saturated rings. The van der Waals surface area contributed by atoms with Gasteiger partial charge in [0.2, 0.25) is 0 Å². The second kappa shape index (κ2) is 11.0. The Morgan fingerprint density at radius 1 is 1.09 bits per heavy atom. The van der Waals surface area contributed by atoms with Crippen LogP contribution in [0.2, 0.25) is 0 Å². The van der Waals surface area contributed by atoms with Crippen LogP contribution in [0, 0.1) is 0 Å². The number of aliphatic hydroxyl groups is 1. The number of hydrogen-bond acceptors (Lipinski definition) is 6. The fourth-order valence-electron chi connectivity index (χ4n) is 3.95. The Morgan fingerprint density at radius 3 is 2.45 bits per heavy atom. The Bertz CT molecular complexity index is 1020. The molecule has 1 heterocycles. The van der Waals surface area contributed by atoms with Gasteiger partial charge < -0.3 is 24.4 Å². The number of carbonyl (C=O) groups is 2. The molecule has 7 nitrogen and oxygen atoms in total. The van der Waals surface area contributed by atoms with Crippen LogP contribution in [0.15, 0.2) is 54.1 Å². The smallest absolute Gasteiger partial charge is 0.295 e. The van der Waals surface area contributed by atoms with Crippen LogP contribution in [0.4, 0.5) is 0 Å². The molecule has 176 valence electrons. The number of ether oxygens (including phenoxy) is 2. The first kappa shape index (κ1) is 24.3. The lowest BCUT2D eigenvalue weighted by Crippen LogP contribution is -2.32. The van der Waals surface area contributed by atoms with Gasteiger partial charge in [-0.25, -0.2) is 0 Å². The summed E-state index contributed by atoms with van der Waals surface area (Å²) in [7, 11) is 5.47. The van der Waals surface area contributed by atoms with Crippen LogP contribution in [-0.4, -0.2) is 67.5 Å². The molecule has 1 aliphatic heterocycles. The molecule has 0 radical (unpaired) electrons. The maximum atomic E-state index is 13.1. The van der Waals surface area contributed by atoms with Gasteiger partial charge in [0, 0.05) is 12.1 Å². The van der Waals surface area contributed by atoms with Gasteiger partial charge in [-0.3, -0.25) is 9.59 Å². The van der Waals surface area contributed by atoms with Crippen molar-refractivity contribution in [2.24, 2.45) is 0 Å². The predicted molar refractivity (Wildman–Crippen MR) is 127 cm³/mol. The van der Waals surface area contributed by atoms with E-state index in [0.717, 1.165) is 13.0 Å². The van der Waals surface area contributed by atoms with Gasteiger partial charge in [0.15, 0.2) is 11.5 Å². The highest BCUT2D eigenvalue weighted by molar-refractivity contribution is 6.46. The quantitative estimate of drug-likeness (QED) is 0.335. The highest BCUT2D eigenvalue weighted by Gasteiger charge is 2.46. The Labute approximate surface area is 195 Å². The Hall–Kier alpha value is -3.32. The van der Waals surface area contributed by atoms with Gasteiger partial charge in [0.05, 0.1) is 25.3 Å². The van der Waals surface area contributed by atoms with E-state index in [1.165, 1.54) is 0 Å². The largest absolute Gasteiger partial charge is 0.507 e. The summed E-state index contributed by atoms with van der Waals surface area (Å²) in [5, 5.41) is 11.1. The number of amides is 1. The molecule has 0 unspecified atom stereocenters. The van der Waals surface area contributed by atoms with Gasteiger partial charge in [-0.15, -0.1) is 0 Å². The van der Waals surface area contributed by atoms with Gasteiger partial charge >= 0.3 is 0 Å². The van der Waals surface area contributed by atoms with Gasteiger partial charge in [-0.2, -0.15) is 0 Å². The Morgan fingerprint density at radius 2 is 1.82 bits per heavy atom. The third-order valence-corrected chi connectivity index (χ3v) is 5.56. The van der Waals surface area contributed by atoms with Gasteiger partial charge in [0.25, 0.3) is 11.7 Å². The first-order chi connectivity index (χ1) is 15.9. The van der Waals surface area contributed by atoms with Gasteiger partial charge in [-0.05, 0) is 51.2 Å². The highest BCUT2D eigenvalue weighted by atomic mass is 16.5. The number of hydrogen-bond donors (Lipinski definition) is 1. The molecule has 0 spiro atoms. The molecule has 0 aromatic heterocycles. The van der Waals surface area contributed by atoms with Gasteiger partial charge in [0.1, 0.15) is 5.76 Å². The fourth-order valence-corrected chi connectivity index (χ4v) is 3.95. The summed E-state index contributed by atoms with van der Waals surface area (Å²) < 4.78 is 11.3. The SMILES string of the molecule is CCCOc1ccc([C@@H]2C(=C(O)c3ccccc3)C(=O)C(=O)N2CCCN(C)C)cc1OC. The normalized spacial score (nSPS) is 17.6. The molecule has 1 aliphatic rings. The molecule has 0 saturated carbocycles. The highest BCUT2D eigenvalue weighted by Crippen LogP contribution is 2.42. The average molecular weight is 453 g/mol. The first-order valence-corrected chi connectivity index (χ1v) is 11.2. The summed E-state index contributed by atoms with van der Waals surface area (Å²) in [6.45, 7) is 3.72. The molecule has 0 aliphatic carbocycles. The van der Waals surface area contributed by atoms with Crippen molar-refractivity contribution in [2.45, 2.75) is 25.8 Å². The van der Waals surface area contributed by atoms with E-state index in [9.17, 15) is 14.7 Å². The lowest BCUT2D eigenvalue weighted by atomic mass is 9.95. The predicted octanol–water partition coefficient (Wildman–Crippen LogP) is 3.86. The van der Waals surface area contributed by atoms with E-state index in [1.807, 2.05) is 38.1 Å². The second-order valence-corrected chi connectivity index (χ2v) is 8.27. The van der Waals surface area contributed by atoms with Crippen molar-refractivity contribution in [2.75, 3.05) is 40.9 Å². The molecule has 7 heteroatoms. The standard InChI is InChI=1S/C26H32N2O5/c1-5-16-33-20-13-12-19(17-21(20)32-4)23-22(24(29)18-10-7-6-8-11-18)25(30)26(31)28(23)15-9-14-27(2)3/h6-8,10-13,17,23,29H,5,9,14-16H2,1-4H3/t23-/m1/s1. The van der Waals surface area contributed by atoms with Crippen molar-refractivity contribution in [1.29, 1.82) is 0 Å². The first-order valence-electron chi connectivity index (χ1n) is 11.2. The number of rotatable bonds is 10. The zero-order valence-electron chi connectivity index (χ0n) is 19.7. The number of aliphatic hydroxyl groups excluding tert-OH is 1. The van der Waals surface area contributed by atoms with Crippen LogP contribution < -0.4 is 9.47 Å². The van der Waals surface area contributed by atoms with Crippen LogP contribution >= 0.6 is 0 Å². The molecule has 3 rings (SSSR count). The summed E-state index contributed by atoms with van der Waals surface area (Å²) in [4.78, 5) is 29.7. The topological polar surface area (TPSA) is 79.3 Å². The summed E-state index contributed by atoms with van der Waals surface area (Å²) >= 11 is 0. The van der Waals surface area contributed by atoms with Crippen LogP contribution in [0.3, 0.4) is 0 Å². The molecule has 2 aromatic carbocycles. The number of nitrogens with zero attached hydrogens (tertiary/aromatic N) is 2. The number of carbonyl (C=O) groups excluding carboxylic acids is 2. The number of methoxy groups -OCH3 is 1. The molecule has 1 saturated heterocycles. The van der Waals surface area contributed by atoms with Crippen molar-refractivity contribution < 1.29 is 24.2 Å². The monoisotopic (exact) mass is 452 g/mol. The summed E-state index contributed by atoms with van der Waals surface area (Å²) in [5.74, 6) is -0.368. The Balaban J connectivity index is 2.09. The summed E-state index contributed by atoms with van der Waals surface area (Å²) in [5.41, 5.74) is 1.25. The Kier molecular flexibility index (Phi) is 8.11. The maximum Gasteiger partial charge on any atom is 0.295 e. The van der Waals surface area contributed by atoms with Crippen LogP contribution in [0.1, 0.15) is 36.9 Å². The third kappa shape index (κ3) is 5.37. The van der Waals surface area contributed by atoms with Crippen LogP contribution in [-0.2, 0) is 9.59 Å². The zero-order valence-corrected chi connectivity index (χ0v) is 19.7. The molecule has 1 N–H and O–H groups in total. The van der Waals surface area contributed by atoms with Crippen molar-refractivity contribution in [1.82, 2.24) is 9.80 Å². The third-order valence-electron chi connectivity index (χ3n) is 5.56. The molecule has 2 aromatic rings. The van der Waals surface area contributed by atoms with Crippen LogP contribution in [0.5, 0.6) is 11.5 Å². The van der Waals surface area contributed by atoms with E-state index >= 15 is 0 Å². The van der Waals surface area contributed by atoms with Crippen molar-refractivity contribution >= 4 is 17.4 Å². The minimum Gasteiger partial charge on any atom is -0.507 e. The van der Waals surface area contributed by atoms with Crippen molar-refractivity contribution in [3.05, 3.63) is 65.2 Å². The average Bonchev–Trinajstić information content (AvgIpc) is 3.07.